The minimum Gasteiger partial charge on any atom is -0.468 e. The molecule has 110 valence electrons. The summed E-state index contributed by atoms with van der Waals surface area (Å²) in [6.45, 7) is 1.84. The molecule has 1 aromatic rings. The summed E-state index contributed by atoms with van der Waals surface area (Å²) < 4.78 is 4.86. The smallest absolute Gasteiger partial charge is 0.319 e. The number of methoxy groups -OCH3 is 1. The first-order valence-electron chi connectivity index (χ1n) is 7.13. The molecule has 1 aliphatic rings. The second-order valence-corrected chi connectivity index (χ2v) is 5.62. The van der Waals surface area contributed by atoms with Gasteiger partial charge in [-0.25, -0.2) is 0 Å². The number of esters is 1. The van der Waals surface area contributed by atoms with Crippen molar-refractivity contribution >= 4 is 11.8 Å². The number of nitriles is 1. The van der Waals surface area contributed by atoms with Gasteiger partial charge in [-0.1, -0.05) is 24.3 Å². The van der Waals surface area contributed by atoms with E-state index in [0.717, 1.165) is 17.5 Å². The van der Waals surface area contributed by atoms with Crippen molar-refractivity contribution in [2.45, 2.75) is 38.5 Å². The SMILES string of the molecule is COC(=O)C1(Cc2ccc(C(C)C#N)cc2)CCCC1=O. The number of benzene rings is 1. The number of Topliss-reactive ketones (excluding diaryl/α,β-unsaturated/α-hetero) is 1. The Bertz CT molecular complexity index is 585. The highest BCUT2D eigenvalue weighted by Crippen LogP contribution is 2.39. The third-order valence-corrected chi connectivity index (χ3v) is 4.30. The number of ketones is 1. The van der Waals surface area contributed by atoms with E-state index in [-0.39, 0.29) is 11.7 Å². The lowest BCUT2D eigenvalue weighted by Gasteiger charge is -2.24. The molecule has 2 rings (SSSR count). The average Bonchev–Trinajstić information content (AvgIpc) is 2.88. The molecule has 0 aromatic heterocycles. The maximum absolute atomic E-state index is 12.2. The molecule has 2 unspecified atom stereocenters. The second kappa shape index (κ2) is 6.09. The van der Waals surface area contributed by atoms with Crippen LogP contribution in [0.2, 0.25) is 0 Å². The Morgan fingerprint density at radius 2 is 2.10 bits per heavy atom. The van der Waals surface area contributed by atoms with Crippen LogP contribution in [0.5, 0.6) is 0 Å². The van der Waals surface area contributed by atoms with E-state index in [0.29, 0.717) is 19.3 Å². The van der Waals surface area contributed by atoms with Crippen LogP contribution in [0.15, 0.2) is 24.3 Å². The molecule has 1 fully saturated rings. The maximum Gasteiger partial charge on any atom is 0.319 e. The Labute approximate surface area is 124 Å². The van der Waals surface area contributed by atoms with Gasteiger partial charge < -0.3 is 4.74 Å². The summed E-state index contributed by atoms with van der Waals surface area (Å²) in [4.78, 5) is 24.3. The maximum atomic E-state index is 12.2. The highest BCUT2D eigenvalue weighted by molar-refractivity contribution is 6.05. The Morgan fingerprint density at radius 1 is 1.43 bits per heavy atom. The fourth-order valence-corrected chi connectivity index (χ4v) is 2.95. The number of rotatable bonds is 4. The molecule has 0 aliphatic heterocycles. The molecular weight excluding hydrogens is 266 g/mol. The predicted molar refractivity (Wildman–Crippen MR) is 77.5 cm³/mol. The van der Waals surface area contributed by atoms with Gasteiger partial charge in [-0.05, 0) is 37.3 Å². The van der Waals surface area contributed by atoms with E-state index in [1.54, 1.807) is 0 Å². The number of carbonyl (C=O) groups is 2. The van der Waals surface area contributed by atoms with Crippen molar-refractivity contribution in [3.05, 3.63) is 35.4 Å². The van der Waals surface area contributed by atoms with Crippen molar-refractivity contribution < 1.29 is 14.3 Å². The normalized spacial score (nSPS) is 22.6. The fraction of sp³-hybridized carbons (Fsp3) is 0.471. The molecule has 0 N–H and O–H groups in total. The van der Waals surface area contributed by atoms with Crippen molar-refractivity contribution in [2.24, 2.45) is 5.41 Å². The van der Waals surface area contributed by atoms with E-state index in [1.165, 1.54) is 7.11 Å². The van der Waals surface area contributed by atoms with E-state index in [1.807, 2.05) is 31.2 Å². The molecule has 4 nitrogen and oxygen atoms in total. The van der Waals surface area contributed by atoms with E-state index in [4.69, 9.17) is 10.00 Å². The Morgan fingerprint density at radius 3 is 2.57 bits per heavy atom. The van der Waals surface area contributed by atoms with Crippen LogP contribution < -0.4 is 0 Å². The number of nitrogens with zero attached hydrogens (tertiary/aromatic N) is 1. The van der Waals surface area contributed by atoms with Gasteiger partial charge >= 0.3 is 5.97 Å². The molecule has 1 aliphatic carbocycles. The van der Waals surface area contributed by atoms with Gasteiger partial charge in [-0.15, -0.1) is 0 Å². The number of hydrogen-bond donors (Lipinski definition) is 0. The van der Waals surface area contributed by atoms with Crippen LogP contribution in [0.4, 0.5) is 0 Å². The molecule has 0 heterocycles. The first-order valence-corrected chi connectivity index (χ1v) is 7.13. The third-order valence-electron chi connectivity index (χ3n) is 4.30. The van der Waals surface area contributed by atoms with Crippen LogP contribution in [0.1, 0.15) is 43.2 Å². The van der Waals surface area contributed by atoms with Gasteiger partial charge in [0.1, 0.15) is 5.41 Å². The van der Waals surface area contributed by atoms with Crippen LogP contribution in [0.25, 0.3) is 0 Å². The summed E-state index contributed by atoms with van der Waals surface area (Å²) >= 11 is 0. The van der Waals surface area contributed by atoms with E-state index >= 15 is 0 Å². The molecule has 0 bridgehead atoms. The predicted octanol–water partition coefficient (Wildman–Crippen LogP) is 2.77. The molecular formula is C17H19NO3. The standard InChI is InChI=1S/C17H19NO3/c1-12(11-18)14-7-5-13(6-8-14)10-17(16(20)21-2)9-3-4-15(17)19/h5-8,12H,3-4,9-10H2,1-2H3. The Balaban J connectivity index is 2.24. The van der Waals surface area contributed by atoms with Gasteiger partial charge in [0.25, 0.3) is 0 Å². The van der Waals surface area contributed by atoms with Gasteiger partial charge in [0, 0.05) is 6.42 Å². The van der Waals surface area contributed by atoms with Crippen LogP contribution in [-0.2, 0) is 20.7 Å². The molecule has 0 spiro atoms. The van der Waals surface area contributed by atoms with Crippen LogP contribution >= 0.6 is 0 Å². The molecule has 1 saturated carbocycles. The molecule has 0 saturated heterocycles. The van der Waals surface area contributed by atoms with Gasteiger partial charge in [-0.2, -0.15) is 5.26 Å². The van der Waals surface area contributed by atoms with Gasteiger partial charge in [0.15, 0.2) is 5.78 Å². The fourth-order valence-electron chi connectivity index (χ4n) is 2.95. The topological polar surface area (TPSA) is 67.2 Å². The van der Waals surface area contributed by atoms with Crippen molar-refractivity contribution in [3.8, 4) is 6.07 Å². The molecule has 1 aromatic carbocycles. The Hall–Kier alpha value is -2.15. The first-order chi connectivity index (χ1) is 10.0. The zero-order valence-corrected chi connectivity index (χ0v) is 12.4. The summed E-state index contributed by atoms with van der Waals surface area (Å²) in [7, 11) is 1.33. The van der Waals surface area contributed by atoms with Crippen LogP contribution in [-0.4, -0.2) is 18.9 Å². The second-order valence-electron chi connectivity index (χ2n) is 5.62. The summed E-state index contributed by atoms with van der Waals surface area (Å²) in [5, 5.41) is 8.91. The van der Waals surface area contributed by atoms with Gasteiger partial charge in [0.2, 0.25) is 0 Å². The van der Waals surface area contributed by atoms with E-state index < -0.39 is 11.4 Å². The van der Waals surface area contributed by atoms with Crippen LogP contribution in [0.3, 0.4) is 0 Å². The monoisotopic (exact) mass is 285 g/mol. The van der Waals surface area contributed by atoms with E-state index in [2.05, 4.69) is 6.07 Å². The summed E-state index contributed by atoms with van der Waals surface area (Å²) in [6, 6.07) is 9.73. The summed E-state index contributed by atoms with van der Waals surface area (Å²) in [5.41, 5.74) is 0.840. The first kappa shape index (κ1) is 15.2. The minimum absolute atomic E-state index is 0.0242. The molecule has 2 atom stereocenters. The largest absolute Gasteiger partial charge is 0.468 e. The number of carbonyl (C=O) groups excluding carboxylic acids is 2. The third kappa shape index (κ3) is 2.82. The van der Waals surface area contributed by atoms with Crippen molar-refractivity contribution in [3.63, 3.8) is 0 Å². The van der Waals surface area contributed by atoms with Gasteiger partial charge in [0.05, 0.1) is 19.1 Å². The quantitative estimate of drug-likeness (QED) is 0.630. The zero-order valence-electron chi connectivity index (χ0n) is 12.4. The molecule has 0 amide bonds. The van der Waals surface area contributed by atoms with E-state index in [9.17, 15) is 9.59 Å². The Kier molecular flexibility index (Phi) is 4.42. The van der Waals surface area contributed by atoms with Crippen molar-refractivity contribution in [1.82, 2.24) is 0 Å². The van der Waals surface area contributed by atoms with Crippen molar-refractivity contribution in [1.29, 1.82) is 5.26 Å². The summed E-state index contributed by atoms with van der Waals surface area (Å²) in [5.74, 6) is -0.620. The lowest BCUT2D eigenvalue weighted by atomic mass is 9.79. The zero-order chi connectivity index (χ0) is 15.5. The summed E-state index contributed by atoms with van der Waals surface area (Å²) in [6.07, 6.45) is 2.10. The molecule has 4 heteroatoms. The van der Waals surface area contributed by atoms with Crippen LogP contribution in [0, 0.1) is 16.7 Å². The number of hydrogen-bond acceptors (Lipinski definition) is 4. The highest BCUT2D eigenvalue weighted by atomic mass is 16.5. The highest BCUT2D eigenvalue weighted by Gasteiger charge is 2.49. The molecule has 0 radical (unpaired) electrons. The minimum atomic E-state index is -1.02. The van der Waals surface area contributed by atoms with Crippen molar-refractivity contribution in [2.75, 3.05) is 7.11 Å². The molecule has 21 heavy (non-hydrogen) atoms. The lowest BCUT2D eigenvalue weighted by Crippen LogP contribution is -2.38. The lowest BCUT2D eigenvalue weighted by molar-refractivity contribution is -0.156. The van der Waals surface area contributed by atoms with Gasteiger partial charge in [-0.3, -0.25) is 9.59 Å². The average molecular weight is 285 g/mol. The number of ether oxygens (including phenoxy) is 1.